The number of amides is 1. The van der Waals surface area contributed by atoms with Crippen LogP contribution in [-0.4, -0.2) is 35.9 Å². The fourth-order valence-electron chi connectivity index (χ4n) is 2.17. The molecule has 9 heteroatoms. The first-order chi connectivity index (χ1) is 12.9. The van der Waals surface area contributed by atoms with Crippen LogP contribution in [0.4, 0.5) is 0 Å². The molecule has 2 aromatic rings. The van der Waals surface area contributed by atoms with E-state index in [2.05, 4.69) is 15.5 Å². The number of nitrogens with zero attached hydrogens (tertiary/aromatic N) is 3. The maximum absolute atomic E-state index is 11.9. The number of rotatable bonds is 7. The highest BCUT2D eigenvalue weighted by atomic mass is 35.5. The number of hydrogen-bond acceptors (Lipinski definition) is 7. The Morgan fingerprint density at radius 1 is 1.48 bits per heavy atom. The molecule has 8 nitrogen and oxygen atoms in total. The molecule has 0 unspecified atom stereocenters. The van der Waals surface area contributed by atoms with Crippen LogP contribution in [0.1, 0.15) is 22.4 Å². The summed E-state index contributed by atoms with van der Waals surface area (Å²) in [4.78, 5) is 16.0. The summed E-state index contributed by atoms with van der Waals surface area (Å²) in [6.07, 6.45) is 1.25. The second kappa shape index (κ2) is 9.52. The summed E-state index contributed by atoms with van der Waals surface area (Å²) in [6, 6.07) is 8.17. The van der Waals surface area contributed by atoms with E-state index in [0.717, 1.165) is 0 Å². The van der Waals surface area contributed by atoms with Crippen molar-refractivity contribution < 1.29 is 19.4 Å². The molecule has 140 valence electrons. The number of hydrogen-bond donors (Lipinski definition) is 2. The smallest absolute Gasteiger partial charge is 0.278 e. The molecule has 0 aliphatic heterocycles. The van der Waals surface area contributed by atoms with Gasteiger partial charge in [0.05, 0.1) is 12.8 Å². The van der Waals surface area contributed by atoms with E-state index in [4.69, 9.17) is 21.1 Å². The zero-order chi connectivity index (χ0) is 19.8. The van der Waals surface area contributed by atoms with Gasteiger partial charge in [-0.3, -0.25) is 4.79 Å². The van der Waals surface area contributed by atoms with E-state index in [-0.39, 0.29) is 23.8 Å². The molecule has 1 amide bonds. The van der Waals surface area contributed by atoms with Crippen LogP contribution in [0.3, 0.4) is 0 Å². The first-order valence-corrected chi connectivity index (χ1v) is 8.15. The van der Waals surface area contributed by atoms with Gasteiger partial charge in [0.25, 0.3) is 5.91 Å². The Labute approximate surface area is 161 Å². The maximum atomic E-state index is 11.9. The van der Waals surface area contributed by atoms with E-state index in [1.54, 1.807) is 13.0 Å². The molecule has 0 fully saturated rings. The Morgan fingerprint density at radius 2 is 2.26 bits per heavy atom. The standard InChI is InChI=1S/C18H17ClN4O4/c1-11-5-13(9-26-2)15(7-20)18(22-11)27-10-17(25)23-21-8-12-6-14(19)3-4-16(12)24/h3-6,8,24H,9-10H2,1-2H3,(H,23,25). The highest BCUT2D eigenvalue weighted by Gasteiger charge is 2.14. The Kier molecular flexibility index (Phi) is 7.11. The number of nitriles is 1. The molecule has 0 radical (unpaired) electrons. The van der Waals surface area contributed by atoms with Crippen molar-refractivity contribution in [2.24, 2.45) is 5.10 Å². The zero-order valence-electron chi connectivity index (χ0n) is 14.7. The third kappa shape index (κ3) is 5.67. The lowest BCUT2D eigenvalue weighted by molar-refractivity contribution is -0.123. The van der Waals surface area contributed by atoms with E-state index in [1.165, 1.54) is 31.5 Å². The average Bonchev–Trinajstić information content (AvgIpc) is 2.63. The molecule has 27 heavy (non-hydrogen) atoms. The molecule has 1 aromatic carbocycles. The monoisotopic (exact) mass is 388 g/mol. The van der Waals surface area contributed by atoms with Gasteiger partial charge in [-0.05, 0) is 31.2 Å². The highest BCUT2D eigenvalue weighted by molar-refractivity contribution is 6.30. The number of aromatic hydroxyl groups is 1. The van der Waals surface area contributed by atoms with E-state index in [9.17, 15) is 15.2 Å². The summed E-state index contributed by atoms with van der Waals surface area (Å²) in [7, 11) is 1.51. The topological polar surface area (TPSA) is 117 Å². The van der Waals surface area contributed by atoms with Crippen molar-refractivity contribution in [3.63, 3.8) is 0 Å². The van der Waals surface area contributed by atoms with Crippen LogP contribution in [0.25, 0.3) is 0 Å². The number of ether oxygens (including phenoxy) is 2. The molecule has 2 N–H and O–H groups in total. The van der Waals surface area contributed by atoms with Gasteiger partial charge in [0, 0.05) is 29.0 Å². The predicted octanol–water partition coefficient (Wildman–Crippen LogP) is 2.30. The largest absolute Gasteiger partial charge is 0.507 e. The fraction of sp³-hybridized carbons (Fsp3) is 0.222. The molecule has 0 spiro atoms. The van der Waals surface area contributed by atoms with Gasteiger partial charge in [-0.1, -0.05) is 11.6 Å². The van der Waals surface area contributed by atoms with Crippen molar-refractivity contribution in [1.29, 1.82) is 5.26 Å². The molecule has 0 aliphatic rings. The molecule has 0 bridgehead atoms. The number of phenolic OH excluding ortho intramolecular Hbond substituents is 1. The number of nitrogens with one attached hydrogen (secondary N) is 1. The lowest BCUT2D eigenvalue weighted by Crippen LogP contribution is -2.25. The van der Waals surface area contributed by atoms with E-state index in [1.807, 2.05) is 6.07 Å². The summed E-state index contributed by atoms with van der Waals surface area (Å²) < 4.78 is 10.4. The van der Waals surface area contributed by atoms with Crippen LogP contribution in [0.15, 0.2) is 29.4 Å². The van der Waals surface area contributed by atoms with Crippen LogP contribution in [0, 0.1) is 18.3 Å². The third-order valence-corrected chi connectivity index (χ3v) is 3.57. The molecule has 2 rings (SSSR count). The van der Waals surface area contributed by atoms with Gasteiger partial charge in [0.15, 0.2) is 6.61 Å². The number of carbonyl (C=O) groups is 1. The summed E-state index contributed by atoms with van der Waals surface area (Å²) in [5.41, 5.74) is 4.07. The van der Waals surface area contributed by atoms with Crippen LogP contribution >= 0.6 is 11.6 Å². The Hall–Kier alpha value is -3.15. The molecule has 0 saturated heterocycles. The molecule has 0 aliphatic carbocycles. The predicted molar refractivity (Wildman–Crippen MR) is 98.8 cm³/mol. The van der Waals surface area contributed by atoms with Gasteiger partial charge < -0.3 is 14.6 Å². The first-order valence-electron chi connectivity index (χ1n) is 7.77. The Bertz CT molecular complexity index is 909. The van der Waals surface area contributed by atoms with Crippen LogP contribution < -0.4 is 10.2 Å². The summed E-state index contributed by atoms with van der Waals surface area (Å²) in [5.74, 6) is -0.536. The Balaban J connectivity index is 2.00. The summed E-state index contributed by atoms with van der Waals surface area (Å²) in [6.45, 7) is 1.58. The first kappa shape index (κ1) is 20.2. The van der Waals surface area contributed by atoms with Crippen molar-refractivity contribution in [1.82, 2.24) is 10.4 Å². The van der Waals surface area contributed by atoms with E-state index >= 15 is 0 Å². The number of aromatic nitrogens is 1. The third-order valence-electron chi connectivity index (χ3n) is 3.33. The maximum Gasteiger partial charge on any atom is 0.278 e. The molecular weight excluding hydrogens is 372 g/mol. The van der Waals surface area contributed by atoms with Crippen LogP contribution in [0.2, 0.25) is 5.02 Å². The van der Waals surface area contributed by atoms with E-state index in [0.29, 0.717) is 21.8 Å². The normalized spacial score (nSPS) is 10.6. The molecule has 0 saturated carbocycles. The minimum Gasteiger partial charge on any atom is -0.507 e. The number of hydrazone groups is 1. The van der Waals surface area contributed by atoms with Gasteiger partial charge in [0.2, 0.25) is 5.88 Å². The van der Waals surface area contributed by atoms with Crippen LogP contribution in [0.5, 0.6) is 11.6 Å². The SMILES string of the molecule is COCc1cc(C)nc(OCC(=O)NN=Cc2cc(Cl)ccc2O)c1C#N. The summed E-state index contributed by atoms with van der Waals surface area (Å²) in [5, 5.41) is 23.1. The second-order valence-electron chi connectivity index (χ2n) is 5.43. The molecule has 1 heterocycles. The zero-order valence-corrected chi connectivity index (χ0v) is 15.4. The Morgan fingerprint density at radius 3 is 2.96 bits per heavy atom. The molecule has 0 atom stereocenters. The number of pyridine rings is 1. The van der Waals surface area contributed by atoms with Crippen molar-refractivity contribution in [3.8, 4) is 17.7 Å². The molecule has 1 aromatic heterocycles. The molecular formula is C18H17ClN4O4. The quantitative estimate of drug-likeness (QED) is 0.555. The summed E-state index contributed by atoms with van der Waals surface area (Å²) >= 11 is 5.83. The highest BCUT2D eigenvalue weighted by Crippen LogP contribution is 2.21. The van der Waals surface area contributed by atoms with Gasteiger partial charge in [-0.25, -0.2) is 10.4 Å². The minimum atomic E-state index is -0.562. The van der Waals surface area contributed by atoms with Crippen molar-refractivity contribution in [3.05, 3.63) is 51.7 Å². The van der Waals surface area contributed by atoms with Gasteiger partial charge in [0.1, 0.15) is 17.4 Å². The minimum absolute atomic E-state index is 0.0260. The van der Waals surface area contributed by atoms with Crippen molar-refractivity contribution in [2.75, 3.05) is 13.7 Å². The number of aryl methyl sites for hydroxylation is 1. The number of carbonyl (C=O) groups excluding carboxylic acids is 1. The van der Waals surface area contributed by atoms with E-state index < -0.39 is 12.5 Å². The van der Waals surface area contributed by atoms with Gasteiger partial charge in [-0.2, -0.15) is 10.4 Å². The fourth-order valence-corrected chi connectivity index (χ4v) is 2.35. The average molecular weight is 389 g/mol. The van der Waals surface area contributed by atoms with Crippen molar-refractivity contribution in [2.45, 2.75) is 13.5 Å². The van der Waals surface area contributed by atoms with Gasteiger partial charge in [-0.15, -0.1) is 0 Å². The lowest BCUT2D eigenvalue weighted by Gasteiger charge is -2.10. The number of phenols is 1. The number of halogens is 1. The second-order valence-corrected chi connectivity index (χ2v) is 5.87. The van der Waals surface area contributed by atoms with Gasteiger partial charge >= 0.3 is 0 Å². The van der Waals surface area contributed by atoms with Crippen LogP contribution in [-0.2, 0) is 16.1 Å². The van der Waals surface area contributed by atoms with Crippen molar-refractivity contribution >= 4 is 23.7 Å². The number of methoxy groups -OCH3 is 1. The lowest BCUT2D eigenvalue weighted by atomic mass is 10.1. The number of benzene rings is 1.